The third-order valence-electron chi connectivity index (χ3n) is 2.90. The van der Waals surface area contributed by atoms with E-state index in [0.29, 0.717) is 31.6 Å². The summed E-state index contributed by atoms with van der Waals surface area (Å²) < 4.78 is 10.2. The SMILES string of the molecule is OC(CNCc1ncon1)COC1CCCC1. The van der Waals surface area contributed by atoms with Crippen molar-refractivity contribution in [1.29, 1.82) is 0 Å². The number of rotatable bonds is 7. The van der Waals surface area contributed by atoms with Crippen LogP contribution in [0.25, 0.3) is 0 Å². The van der Waals surface area contributed by atoms with E-state index in [1.807, 2.05) is 0 Å². The van der Waals surface area contributed by atoms with Crippen LogP contribution in [0.2, 0.25) is 0 Å². The minimum absolute atomic E-state index is 0.349. The molecule has 0 saturated heterocycles. The van der Waals surface area contributed by atoms with Crippen molar-refractivity contribution in [3.63, 3.8) is 0 Å². The van der Waals surface area contributed by atoms with Crippen molar-refractivity contribution in [3.05, 3.63) is 12.2 Å². The second kappa shape index (κ2) is 6.68. The largest absolute Gasteiger partial charge is 0.389 e. The Morgan fingerprint density at radius 1 is 1.53 bits per heavy atom. The van der Waals surface area contributed by atoms with Gasteiger partial charge in [-0.2, -0.15) is 4.98 Å². The summed E-state index contributed by atoms with van der Waals surface area (Å²) in [6, 6.07) is 0. The van der Waals surface area contributed by atoms with Gasteiger partial charge in [0.15, 0.2) is 5.82 Å². The minimum atomic E-state index is -0.484. The first kappa shape index (κ1) is 12.5. The van der Waals surface area contributed by atoms with Crippen molar-refractivity contribution < 1.29 is 14.4 Å². The summed E-state index contributed by atoms with van der Waals surface area (Å²) in [5.74, 6) is 0.592. The molecule has 6 heteroatoms. The number of aliphatic hydroxyl groups is 1. The Morgan fingerprint density at radius 2 is 2.35 bits per heavy atom. The van der Waals surface area contributed by atoms with Gasteiger partial charge in [-0.05, 0) is 12.8 Å². The molecule has 6 nitrogen and oxygen atoms in total. The lowest BCUT2D eigenvalue weighted by molar-refractivity contribution is -0.00555. The predicted molar refractivity (Wildman–Crippen MR) is 60.2 cm³/mol. The normalized spacial score (nSPS) is 18.6. The summed E-state index contributed by atoms with van der Waals surface area (Å²) >= 11 is 0. The Balaban J connectivity index is 1.52. The van der Waals surface area contributed by atoms with Gasteiger partial charge in [0.25, 0.3) is 0 Å². The quantitative estimate of drug-likeness (QED) is 0.722. The summed E-state index contributed by atoms with van der Waals surface area (Å²) in [5, 5.41) is 16.4. The van der Waals surface area contributed by atoms with Gasteiger partial charge >= 0.3 is 0 Å². The average Bonchev–Trinajstić information content (AvgIpc) is 2.99. The maximum Gasteiger partial charge on any atom is 0.213 e. The number of nitrogens with one attached hydrogen (secondary N) is 1. The summed E-state index contributed by atoms with van der Waals surface area (Å²) in [6.07, 6.45) is 5.90. The molecule has 2 rings (SSSR count). The molecule has 1 atom stereocenters. The Hall–Kier alpha value is -0.980. The Morgan fingerprint density at radius 3 is 3.06 bits per heavy atom. The van der Waals surface area contributed by atoms with Crippen LogP contribution in [0.4, 0.5) is 0 Å². The molecule has 1 unspecified atom stereocenters. The highest BCUT2D eigenvalue weighted by Crippen LogP contribution is 2.20. The number of hydrogen-bond acceptors (Lipinski definition) is 6. The fourth-order valence-corrected chi connectivity index (χ4v) is 1.98. The van der Waals surface area contributed by atoms with E-state index in [0.717, 1.165) is 12.8 Å². The smallest absolute Gasteiger partial charge is 0.213 e. The summed E-state index contributed by atoms with van der Waals surface area (Å²) in [4.78, 5) is 3.87. The number of nitrogens with zero attached hydrogens (tertiary/aromatic N) is 2. The molecule has 1 aliphatic rings. The zero-order chi connectivity index (χ0) is 11.9. The van der Waals surface area contributed by atoms with Crippen LogP contribution >= 0.6 is 0 Å². The van der Waals surface area contributed by atoms with Gasteiger partial charge in [0, 0.05) is 6.54 Å². The number of hydrogen-bond donors (Lipinski definition) is 2. The van der Waals surface area contributed by atoms with Crippen LogP contribution in [0.5, 0.6) is 0 Å². The summed E-state index contributed by atoms with van der Waals surface area (Å²) in [5.41, 5.74) is 0. The van der Waals surface area contributed by atoms with Crippen molar-refractivity contribution in [1.82, 2.24) is 15.5 Å². The van der Waals surface area contributed by atoms with Gasteiger partial charge in [-0.15, -0.1) is 0 Å². The zero-order valence-corrected chi connectivity index (χ0v) is 9.84. The maximum absolute atomic E-state index is 9.69. The van der Waals surface area contributed by atoms with E-state index < -0.39 is 6.10 Å². The van der Waals surface area contributed by atoms with Crippen LogP contribution in [0.1, 0.15) is 31.5 Å². The van der Waals surface area contributed by atoms with E-state index >= 15 is 0 Å². The summed E-state index contributed by atoms with van der Waals surface area (Å²) in [7, 11) is 0. The topological polar surface area (TPSA) is 80.4 Å². The van der Waals surface area contributed by atoms with E-state index in [1.54, 1.807) is 0 Å². The molecule has 17 heavy (non-hydrogen) atoms. The average molecular weight is 241 g/mol. The van der Waals surface area contributed by atoms with Crippen LogP contribution in [-0.4, -0.2) is 40.6 Å². The third kappa shape index (κ3) is 4.41. The molecule has 0 aromatic carbocycles. The van der Waals surface area contributed by atoms with E-state index in [2.05, 4.69) is 20.0 Å². The number of aromatic nitrogens is 2. The van der Waals surface area contributed by atoms with Gasteiger partial charge in [0.1, 0.15) is 0 Å². The van der Waals surface area contributed by atoms with Gasteiger partial charge in [-0.1, -0.05) is 18.0 Å². The molecule has 0 bridgehead atoms. The lowest BCUT2D eigenvalue weighted by Crippen LogP contribution is -2.31. The van der Waals surface area contributed by atoms with E-state index in [9.17, 15) is 5.11 Å². The molecule has 1 fully saturated rings. The first-order valence-corrected chi connectivity index (χ1v) is 6.10. The fraction of sp³-hybridized carbons (Fsp3) is 0.818. The molecule has 0 radical (unpaired) electrons. The lowest BCUT2D eigenvalue weighted by Gasteiger charge is -2.15. The molecule has 2 N–H and O–H groups in total. The minimum Gasteiger partial charge on any atom is -0.389 e. The summed E-state index contributed by atoms with van der Waals surface area (Å²) in [6.45, 7) is 1.36. The molecule has 1 heterocycles. The van der Waals surface area contributed by atoms with Crippen molar-refractivity contribution in [2.45, 2.75) is 44.4 Å². The van der Waals surface area contributed by atoms with Crippen LogP contribution < -0.4 is 5.32 Å². The second-order valence-corrected chi connectivity index (χ2v) is 4.37. The third-order valence-corrected chi connectivity index (χ3v) is 2.90. The fourth-order valence-electron chi connectivity index (χ4n) is 1.98. The molecular weight excluding hydrogens is 222 g/mol. The zero-order valence-electron chi connectivity index (χ0n) is 9.84. The monoisotopic (exact) mass is 241 g/mol. The number of ether oxygens (including phenoxy) is 1. The first-order valence-electron chi connectivity index (χ1n) is 6.10. The lowest BCUT2D eigenvalue weighted by atomic mass is 10.3. The van der Waals surface area contributed by atoms with Gasteiger partial charge in [-0.25, -0.2) is 0 Å². The molecule has 1 aromatic heterocycles. The molecule has 1 aromatic rings. The van der Waals surface area contributed by atoms with Crippen molar-refractivity contribution >= 4 is 0 Å². The molecule has 0 aliphatic heterocycles. The molecule has 96 valence electrons. The second-order valence-electron chi connectivity index (χ2n) is 4.37. The highest BCUT2D eigenvalue weighted by molar-refractivity contribution is 4.76. The van der Waals surface area contributed by atoms with E-state index in [4.69, 9.17) is 4.74 Å². The van der Waals surface area contributed by atoms with Crippen molar-refractivity contribution in [2.24, 2.45) is 0 Å². The maximum atomic E-state index is 9.69. The molecule has 1 aliphatic carbocycles. The highest BCUT2D eigenvalue weighted by atomic mass is 16.5. The van der Waals surface area contributed by atoms with Gasteiger partial charge in [0.05, 0.1) is 25.4 Å². The Kier molecular flexibility index (Phi) is 4.90. The molecule has 0 amide bonds. The van der Waals surface area contributed by atoms with Crippen LogP contribution in [0, 0.1) is 0 Å². The predicted octanol–water partition coefficient (Wildman–Crippen LogP) is 0.479. The Labute approximate surface area is 100 Å². The molecule has 0 spiro atoms. The molecule has 1 saturated carbocycles. The molecular formula is C11H19N3O3. The van der Waals surface area contributed by atoms with Crippen LogP contribution in [0.3, 0.4) is 0 Å². The first-order chi connectivity index (χ1) is 8.34. The van der Waals surface area contributed by atoms with Gasteiger partial charge in [-0.3, -0.25) is 0 Å². The van der Waals surface area contributed by atoms with E-state index in [-0.39, 0.29) is 0 Å². The standard InChI is InChI=1S/C11H19N3O3/c15-9(7-16-10-3-1-2-4-10)5-12-6-11-13-8-17-14-11/h8-10,12,15H,1-7H2. The highest BCUT2D eigenvalue weighted by Gasteiger charge is 2.16. The van der Waals surface area contributed by atoms with Crippen LogP contribution in [0.15, 0.2) is 10.9 Å². The van der Waals surface area contributed by atoms with Crippen molar-refractivity contribution in [3.8, 4) is 0 Å². The van der Waals surface area contributed by atoms with Crippen molar-refractivity contribution in [2.75, 3.05) is 13.2 Å². The van der Waals surface area contributed by atoms with Crippen LogP contribution in [-0.2, 0) is 11.3 Å². The number of aliphatic hydroxyl groups excluding tert-OH is 1. The van der Waals surface area contributed by atoms with Gasteiger partial charge in [0.2, 0.25) is 6.39 Å². The van der Waals surface area contributed by atoms with E-state index in [1.165, 1.54) is 19.2 Å². The Bertz CT molecular complexity index is 299. The van der Waals surface area contributed by atoms with Gasteiger partial charge < -0.3 is 19.7 Å².